The van der Waals surface area contributed by atoms with E-state index in [1.54, 1.807) is 18.3 Å². The number of benzene rings is 1. The highest BCUT2D eigenvalue weighted by Crippen LogP contribution is 2.24. The fourth-order valence-electron chi connectivity index (χ4n) is 2.36. The summed E-state index contributed by atoms with van der Waals surface area (Å²) in [5.74, 6) is -1.49. The normalized spacial score (nSPS) is 11.1. The van der Waals surface area contributed by atoms with Crippen LogP contribution in [-0.4, -0.2) is 21.5 Å². The van der Waals surface area contributed by atoms with Crippen molar-refractivity contribution < 1.29 is 22.8 Å². The first-order valence-corrected chi connectivity index (χ1v) is 8.46. The molecule has 0 bridgehead atoms. The molecule has 1 N–H and O–H groups in total. The lowest BCUT2D eigenvalue weighted by atomic mass is 10.2. The molecular formula is C19H14ClF2N3O3. The van der Waals surface area contributed by atoms with E-state index in [4.69, 9.17) is 16.0 Å². The third kappa shape index (κ3) is 4.52. The molecule has 144 valence electrons. The number of ketones is 1. The quantitative estimate of drug-likeness (QED) is 0.376. The Kier molecular flexibility index (Phi) is 5.70. The van der Waals surface area contributed by atoms with Crippen LogP contribution in [0, 0.1) is 11.6 Å². The molecule has 0 aliphatic heterocycles. The summed E-state index contributed by atoms with van der Waals surface area (Å²) in [7, 11) is 0. The molecule has 0 unspecified atom stereocenters. The van der Waals surface area contributed by atoms with Crippen molar-refractivity contribution in [3.63, 3.8) is 0 Å². The number of rotatable bonds is 6. The van der Waals surface area contributed by atoms with Gasteiger partial charge in [0.1, 0.15) is 17.4 Å². The Morgan fingerprint density at radius 2 is 2.00 bits per heavy atom. The maximum Gasteiger partial charge on any atom is 0.248 e. The monoisotopic (exact) mass is 405 g/mol. The highest BCUT2D eigenvalue weighted by atomic mass is 35.5. The van der Waals surface area contributed by atoms with E-state index in [2.05, 4.69) is 10.4 Å². The lowest BCUT2D eigenvalue weighted by Gasteiger charge is -2.02. The number of furan rings is 1. The topological polar surface area (TPSA) is 77.1 Å². The van der Waals surface area contributed by atoms with Gasteiger partial charge in [-0.3, -0.25) is 14.3 Å². The van der Waals surface area contributed by atoms with Gasteiger partial charge in [0, 0.05) is 24.8 Å². The van der Waals surface area contributed by atoms with Crippen LogP contribution < -0.4 is 5.32 Å². The maximum absolute atomic E-state index is 13.7. The second-order valence-electron chi connectivity index (χ2n) is 5.83. The van der Waals surface area contributed by atoms with Crippen LogP contribution >= 0.6 is 11.6 Å². The van der Waals surface area contributed by atoms with Gasteiger partial charge in [0.05, 0.1) is 23.5 Å². The number of anilines is 1. The summed E-state index contributed by atoms with van der Waals surface area (Å²) in [4.78, 5) is 23.2. The summed E-state index contributed by atoms with van der Waals surface area (Å²) in [6, 6.07) is 5.07. The molecule has 0 aliphatic carbocycles. The predicted molar refractivity (Wildman–Crippen MR) is 99.1 cm³/mol. The number of hydrogen-bond acceptors (Lipinski definition) is 4. The number of Topliss-reactive ketones (excluding diaryl/α,β-unsaturated/α-hetero) is 1. The second kappa shape index (κ2) is 8.18. The standard InChI is InChI=1S/C19H14ClF2N3O3/c1-11(26)17-6-2-13(28-17)10-25-9-12(8-23-25)24-18(27)7-3-14-15(21)4-5-16(22)19(14)20/h2-9H,10H2,1H3,(H,24,27)/b7-3-. The zero-order valence-electron chi connectivity index (χ0n) is 14.6. The van der Waals surface area contributed by atoms with Gasteiger partial charge in [-0.25, -0.2) is 8.78 Å². The predicted octanol–water partition coefficient (Wildman–Crippen LogP) is 4.31. The molecule has 0 aliphatic rings. The van der Waals surface area contributed by atoms with E-state index in [-0.39, 0.29) is 23.7 Å². The minimum atomic E-state index is -0.782. The van der Waals surface area contributed by atoms with E-state index < -0.39 is 22.6 Å². The third-order valence-corrected chi connectivity index (χ3v) is 4.09. The summed E-state index contributed by atoms with van der Waals surface area (Å²) in [6.07, 6.45) is 5.09. The molecule has 3 aromatic rings. The minimum Gasteiger partial charge on any atom is -0.456 e. The van der Waals surface area contributed by atoms with Crippen LogP contribution in [0.2, 0.25) is 5.02 Å². The molecule has 1 aromatic carbocycles. The first-order chi connectivity index (χ1) is 13.3. The number of aromatic nitrogens is 2. The fourth-order valence-corrected chi connectivity index (χ4v) is 2.58. The van der Waals surface area contributed by atoms with Crippen LogP contribution in [0.1, 0.15) is 28.8 Å². The smallest absolute Gasteiger partial charge is 0.248 e. The van der Waals surface area contributed by atoms with E-state index in [0.29, 0.717) is 11.4 Å². The van der Waals surface area contributed by atoms with Crippen molar-refractivity contribution in [2.24, 2.45) is 0 Å². The van der Waals surface area contributed by atoms with Crippen molar-refractivity contribution >= 4 is 35.1 Å². The van der Waals surface area contributed by atoms with Crippen LogP contribution in [0.4, 0.5) is 14.5 Å². The van der Waals surface area contributed by atoms with Crippen molar-refractivity contribution in [1.82, 2.24) is 9.78 Å². The lowest BCUT2D eigenvalue weighted by Crippen LogP contribution is -2.07. The summed E-state index contributed by atoms with van der Waals surface area (Å²) < 4.78 is 34.0. The van der Waals surface area contributed by atoms with Gasteiger partial charge in [0.15, 0.2) is 11.5 Å². The number of amides is 1. The van der Waals surface area contributed by atoms with Crippen LogP contribution in [-0.2, 0) is 11.3 Å². The largest absolute Gasteiger partial charge is 0.456 e. The lowest BCUT2D eigenvalue weighted by molar-refractivity contribution is -0.111. The number of carbonyl (C=O) groups excluding carboxylic acids is 2. The van der Waals surface area contributed by atoms with Crippen LogP contribution in [0.5, 0.6) is 0 Å². The Balaban J connectivity index is 1.64. The minimum absolute atomic E-state index is 0.179. The molecule has 0 radical (unpaired) electrons. The Morgan fingerprint density at radius 3 is 2.71 bits per heavy atom. The van der Waals surface area contributed by atoms with Gasteiger partial charge >= 0.3 is 0 Å². The van der Waals surface area contributed by atoms with Gasteiger partial charge in [0.25, 0.3) is 0 Å². The van der Waals surface area contributed by atoms with Crippen LogP contribution in [0.15, 0.2) is 47.2 Å². The van der Waals surface area contributed by atoms with Crippen molar-refractivity contribution in [3.8, 4) is 0 Å². The van der Waals surface area contributed by atoms with Gasteiger partial charge in [-0.05, 0) is 30.3 Å². The van der Waals surface area contributed by atoms with E-state index in [1.165, 1.54) is 17.8 Å². The third-order valence-electron chi connectivity index (χ3n) is 3.71. The van der Waals surface area contributed by atoms with Gasteiger partial charge in [-0.2, -0.15) is 5.10 Å². The highest BCUT2D eigenvalue weighted by molar-refractivity contribution is 6.32. The fraction of sp³-hybridized carbons (Fsp3) is 0.105. The van der Waals surface area contributed by atoms with E-state index >= 15 is 0 Å². The van der Waals surface area contributed by atoms with E-state index in [1.807, 2.05) is 0 Å². The summed E-state index contributed by atoms with van der Waals surface area (Å²) >= 11 is 5.70. The molecule has 2 aromatic heterocycles. The zero-order chi connectivity index (χ0) is 20.3. The molecular weight excluding hydrogens is 392 g/mol. The molecule has 0 saturated heterocycles. The van der Waals surface area contributed by atoms with Gasteiger partial charge < -0.3 is 9.73 Å². The molecule has 3 rings (SSSR count). The molecule has 9 heteroatoms. The molecule has 2 heterocycles. The van der Waals surface area contributed by atoms with Crippen molar-refractivity contribution in [3.05, 3.63) is 76.5 Å². The first-order valence-electron chi connectivity index (χ1n) is 8.08. The van der Waals surface area contributed by atoms with E-state index in [9.17, 15) is 18.4 Å². The molecule has 0 spiro atoms. The Bertz CT molecular complexity index is 1070. The number of halogens is 3. The Morgan fingerprint density at radius 1 is 1.25 bits per heavy atom. The van der Waals surface area contributed by atoms with Crippen molar-refractivity contribution in [2.75, 3.05) is 5.32 Å². The zero-order valence-corrected chi connectivity index (χ0v) is 15.3. The summed E-state index contributed by atoms with van der Waals surface area (Å²) in [6.45, 7) is 1.67. The molecule has 28 heavy (non-hydrogen) atoms. The molecule has 6 nitrogen and oxygen atoms in total. The van der Waals surface area contributed by atoms with Gasteiger partial charge in [-0.1, -0.05) is 11.6 Å². The number of hydrogen-bond donors (Lipinski definition) is 1. The van der Waals surface area contributed by atoms with Crippen LogP contribution in [0.3, 0.4) is 0 Å². The summed E-state index contributed by atoms with van der Waals surface area (Å²) in [5.41, 5.74) is 0.172. The van der Waals surface area contributed by atoms with Crippen molar-refractivity contribution in [1.29, 1.82) is 0 Å². The molecule has 0 atom stereocenters. The second-order valence-corrected chi connectivity index (χ2v) is 6.21. The average Bonchev–Trinajstić information content (AvgIpc) is 3.28. The molecule has 0 fully saturated rings. The highest BCUT2D eigenvalue weighted by Gasteiger charge is 2.11. The van der Waals surface area contributed by atoms with Crippen molar-refractivity contribution in [2.45, 2.75) is 13.5 Å². The Hall–Kier alpha value is -3.26. The van der Waals surface area contributed by atoms with Crippen LogP contribution in [0.25, 0.3) is 6.08 Å². The maximum atomic E-state index is 13.7. The van der Waals surface area contributed by atoms with E-state index in [0.717, 1.165) is 24.3 Å². The van der Waals surface area contributed by atoms with Gasteiger partial charge in [0.2, 0.25) is 5.91 Å². The average molecular weight is 406 g/mol. The Labute approximate surface area is 163 Å². The number of nitrogens with zero attached hydrogens (tertiary/aromatic N) is 2. The molecule has 0 saturated carbocycles. The molecule has 1 amide bonds. The summed E-state index contributed by atoms with van der Waals surface area (Å²) in [5, 5.41) is 6.22. The number of nitrogens with one attached hydrogen (secondary N) is 1. The number of carbonyl (C=O) groups is 2. The SMILES string of the molecule is CC(=O)c1ccc(Cn2cc(NC(=O)/C=C\c3c(F)ccc(F)c3Cl)cn2)o1. The van der Waals surface area contributed by atoms with Gasteiger partial charge in [-0.15, -0.1) is 0 Å². The first kappa shape index (κ1) is 19.5.